The van der Waals surface area contributed by atoms with Gasteiger partial charge in [0.25, 0.3) is 17.7 Å². The van der Waals surface area contributed by atoms with Crippen molar-refractivity contribution >= 4 is 51.8 Å². The number of anilines is 2. The minimum atomic E-state index is -0.972. The van der Waals surface area contributed by atoms with Gasteiger partial charge in [-0.25, -0.2) is 0 Å². The number of piperazine rings is 1. The van der Waals surface area contributed by atoms with Gasteiger partial charge in [0.2, 0.25) is 11.8 Å². The first-order chi connectivity index (χ1) is 30.3. The molecule has 0 bridgehead atoms. The summed E-state index contributed by atoms with van der Waals surface area (Å²) in [6.45, 7) is 14.7. The topological polar surface area (TPSA) is 168 Å². The Bertz CT molecular complexity index is 2640. The van der Waals surface area contributed by atoms with Gasteiger partial charge >= 0.3 is 0 Å². The molecule has 3 saturated heterocycles. The van der Waals surface area contributed by atoms with Crippen LogP contribution in [-0.2, 0) is 15.0 Å². The van der Waals surface area contributed by atoms with Crippen LogP contribution in [0.4, 0.5) is 11.4 Å². The maximum Gasteiger partial charge on any atom is 0.262 e. The lowest BCUT2D eigenvalue weighted by Crippen LogP contribution is -2.78. The third-order valence-corrected chi connectivity index (χ3v) is 15.1. The number of carbonyl (C=O) groups excluding carboxylic acids is 5. The maximum absolute atomic E-state index is 13.9. The smallest absolute Gasteiger partial charge is 0.262 e. The van der Waals surface area contributed by atoms with E-state index in [0.717, 1.165) is 104 Å². The summed E-state index contributed by atoms with van der Waals surface area (Å²) in [5, 5.41) is 16.4. The average molecular weight is 849 g/mol. The summed E-state index contributed by atoms with van der Waals surface area (Å²) in [5.41, 5.74) is 5.47. The number of nitrogens with one attached hydrogen (secondary N) is 2. The molecule has 324 valence electrons. The first-order valence-electron chi connectivity index (χ1n) is 22.3. The number of imide groups is 2. The van der Waals surface area contributed by atoms with Crippen molar-refractivity contribution in [2.45, 2.75) is 83.4 Å². The molecule has 3 unspecified atom stereocenters. The van der Waals surface area contributed by atoms with Gasteiger partial charge in [0.1, 0.15) is 24.0 Å². The lowest BCUT2D eigenvalue weighted by Gasteiger charge is -2.66. The van der Waals surface area contributed by atoms with Crippen LogP contribution in [0.3, 0.4) is 0 Å². The molecule has 5 amide bonds. The molecule has 4 atom stereocenters. The van der Waals surface area contributed by atoms with E-state index in [9.17, 15) is 29.2 Å². The number of hydrogen-bond donors (Lipinski definition) is 2. The molecular weight excluding hydrogens is 797 g/mol. The number of piperidine rings is 2. The Hall–Kier alpha value is -6.33. The number of fused-ring (bicyclic) bond motifs is 3. The molecular formula is C49H52N8O6. The van der Waals surface area contributed by atoms with Crippen LogP contribution in [0.5, 0.6) is 5.75 Å². The summed E-state index contributed by atoms with van der Waals surface area (Å²) in [6, 6.07) is 18.4. The summed E-state index contributed by atoms with van der Waals surface area (Å²) in [4.78, 5) is 77.3. The quantitative estimate of drug-likeness (QED) is 0.227. The van der Waals surface area contributed by atoms with E-state index in [1.165, 1.54) is 0 Å². The zero-order valence-electron chi connectivity index (χ0n) is 36.2. The summed E-state index contributed by atoms with van der Waals surface area (Å²) in [7, 11) is 0. The maximum atomic E-state index is 13.9. The van der Waals surface area contributed by atoms with Crippen molar-refractivity contribution in [3.05, 3.63) is 94.2 Å². The van der Waals surface area contributed by atoms with Gasteiger partial charge < -0.3 is 19.9 Å². The predicted molar refractivity (Wildman–Crippen MR) is 236 cm³/mol. The molecule has 1 aliphatic carbocycles. The molecule has 0 spiro atoms. The van der Waals surface area contributed by atoms with Gasteiger partial charge in [-0.05, 0) is 118 Å². The van der Waals surface area contributed by atoms with E-state index in [1.54, 1.807) is 18.3 Å². The summed E-state index contributed by atoms with van der Waals surface area (Å²) in [6.07, 6.45) is 5.19. The van der Waals surface area contributed by atoms with E-state index < -0.39 is 35.1 Å². The predicted octanol–water partition coefficient (Wildman–Crippen LogP) is 5.10. The lowest BCUT2D eigenvalue weighted by atomic mass is 9.45. The molecule has 10 rings (SSSR count). The number of hydrogen-bond acceptors (Lipinski definition) is 11. The van der Waals surface area contributed by atoms with Gasteiger partial charge in [-0.3, -0.25) is 44.1 Å². The van der Waals surface area contributed by atoms with E-state index in [1.807, 2.05) is 37.3 Å². The second-order valence-electron chi connectivity index (χ2n) is 19.0. The summed E-state index contributed by atoms with van der Waals surface area (Å²) >= 11 is 0. The highest BCUT2D eigenvalue weighted by atomic mass is 16.5. The molecule has 14 nitrogen and oxygen atoms in total. The van der Waals surface area contributed by atoms with Crippen molar-refractivity contribution < 1.29 is 28.7 Å². The van der Waals surface area contributed by atoms with E-state index in [2.05, 4.69) is 69.3 Å². The molecule has 0 radical (unpaired) electrons. The molecule has 2 N–H and O–H groups in total. The highest BCUT2D eigenvalue weighted by molar-refractivity contribution is 6.23. The molecule has 1 aromatic heterocycles. The average Bonchev–Trinajstić information content (AvgIpc) is 3.53. The van der Waals surface area contributed by atoms with Gasteiger partial charge in [0.05, 0.1) is 33.7 Å². The molecule has 4 fully saturated rings. The number of rotatable bonds is 8. The van der Waals surface area contributed by atoms with Gasteiger partial charge in [-0.2, -0.15) is 5.26 Å². The van der Waals surface area contributed by atoms with Crippen molar-refractivity contribution in [3.8, 4) is 11.8 Å². The molecule has 6 aliphatic rings. The molecule has 14 heteroatoms. The number of aromatic nitrogens is 1. The van der Waals surface area contributed by atoms with Crippen LogP contribution in [0.15, 0.2) is 60.8 Å². The van der Waals surface area contributed by atoms with Crippen LogP contribution < -0.4 is 25.2 Å². The first-order valence-corrected chi connectivity index (χ1v) is 22.3. The van der Waals surface area contributed by atoms with E-state index >= 15 is 0 Å². The third-order valence-electron chi connectivity index (χ3n) is 15.1. The second-order valence-corrected chi connectivity index (χ2v) is 19.0. The Morgan fingerprint density at radius 1 is 0.889 bits per heavy atom. The van der Waals surface area contributed by atoms with Crippen LogP contribution in [0.25, 0.3) is 10.9 Å². The number of pyridine rings is 1. The fraction of sp³-hybridized carbons (Fsp3) is 0.449. The minimum Gasteiger partial charge on any atom is -0.488 e. The monoisotopic (exact) mass is 848 g/mol. The Morgan fingerprint density at radius 3 is 2.30 bits per heavy atom. The number of aryl methyl sites for hydroxylation is 1. The van der Waals surface area contributed by atoms with Crippen molar-refractivity contribution in [3.63, 3.8) is 0 Å². The minimum absolute atomic E-state index is 0.0924. The van der Waals surface area contributed by atoms with Crippen molar-refractivity contribution in [2.75, 3.05) is 55.6 Å². The molecule has 5 aliphatic heterocycles. The number of nitriles is 1. The van der Waals surface area contributed by atoms with Crippen molar-refractivity contribution in [1.82, 2.24) is 25.4 Å². The summed E-state index contributed by atoms with van der Waals surface area (Å²) < 4.78 is 6.67. The molecule has 1 saturated carbocycles. The number of ether oxygens (including phenoxy) is 1. The Balaban J connectivity index is 0.702. The number of amides is 5. The fourth-order valence-electron chi connectivity index (χ4n) is 11.7. The highest BCUT2D eigenvalue weighted by Gasteiger charge is 2.69. The molecule has 63 heavy (non-hydrogen) atoms. The lowest BCUT2D eigenvalue weighted by molar-refractivity contribution is -0.136. The molecule has 4 aromatic rings. The van der Waals surface area contributed by atoms with Crippen LogP contribution in [0.2, 0.25) is 0 Å². The van der Waals surface area contributed by atoms with Gasteiger partial charge in [-0.15, -0.1) is 0 Å². The standard InChI is InChI=1S/C49H52N8O6/c1-28-25-38-40-36(13-17-51-41(40)35(28)27-50)49(4)46(48(2,3)47(49)63-38)53-42(59)30-5-7-31(8-6-30)55-19-15-29(16-20-55)14-18-54-21-23-56(24-22-54)32-9-10-33-34(26-32)45(62)57(44(33)61)37-11-12-39(58)52-43(37)60/h5-10,13,17,25-26,29,37,46-47H,11-12,14-16,18-24H2,1-4H3,(H,53,59)(H,52,58,60)/t37?,46?,47-,49?/m0/s1. The Kier molecular flexibility index (Phi) is 9.82. The zero-order chi connectivity index (χ0) is 43.9. The summed E-state index contributed by atoms with van der Waals surface area (Å²) in [5.74, 6) is -0.695. The normalized spacial score (nSPS) is 25.5. The van der Waals surface area contributed by atoms with Crippen molar-refractivity contribution in [2.24, 2.45) is 11.3 Å². The highest BCUT2D eigenvalue weighted by Crippen LogP contribution is 2.61. The zero-order valence-corrected chi connectivity index (χ0v) is 36.2. The van der Waals surface area contributed by atoms with Crippen molar-refractivity contribution in [1.29, 1.82) is 5.26 Å². The van der Waals surface area contributed by atoms with Gasteiger partial charge in [0.15, 0.2) is 0 Å². The number of carbonyl (C=O) groups is 5. The first kappa shape index (κ1) is 40.7. The number of benzene rings is 3. The number of nitrogens with zero attached hydrogens (tertiary/aromatic N) is 6. The van der Waals surface area contributed by atoms with Crippen LogP contribution in [0.1, 0.15) is 101 Å². The molecule has 6 heterocycles. The van der Waals surface area contributed by atoms with E-state index in [0.29, 0.717) is 33.7 Å². The Morgan fingerprint density at radius 2 is 1.59 bits per heavy atom. The van der Waals surface area contributed by atoms with E-state index in [-0.39, 0.29) is 36.3 Å². The van der Waals surface area contributed by atoms with Crippen LogP contribution in [-0.4, -0.2) is 108 Å². The second kappa shape index (κ2) is 15.2. The largest absolute Gasteiger partial charge is 0.488 e. The Labute approximate surface area is 366 Å². The fourth-order valence-corrected chi connectivity index (χ4v) is 11.7. The molecule has 3 aromatic carbocycles. The third kappa shape index (κ3) is 6.53. The van der Waals surface area contributed by atoms with Crippen LogP contribution >= 0.6 is 0 Å². The van der Waals surface area contributed by atoms with Gasteiger partial charge in [-0.1, -0.05) is 13.8 Å². The SMILES string of the molecule is Cc1cc2c3c(ccnc3c1C#N)C1(C)C(NC(=O)c3ccc(N4CCC(CCN5CCN(c6ccc7c(c6)C(=O)N(C6CCC(=O)NC6=O)C7=O)CC5)CC4)cc3)C(C)(C)[C@@H]1O2. The van der Waals surface area contributed by atoms with E-state index in [4.69, 9.17) is 4.74 Å². The van der Waals surface area contributed by atoms with Gasteiger partial charge in [0, 0.05) is 79.6 Å². The van der Waals surface area contributed by atoms with Crippen LogP contribution in [0, 0.1) is 29.6 Å².